The van der Waals surface area contributed by atoms with E-state index >= 15 is 0 Å². The van der Waals surface area contributed by atoms with Crippen molar-refractivity contribution in [1.29, 1.82) is 5.26 Å². The zero-order valence-corrected chi connectivity index (χ0v) is 18.2. The van der Waals surface area contributed by atoms with Crippen molar-refractivity contribution in [2.75, 3.05) is 31.6 Å². The van der Waals surface area contributed by atoms with Crippen LogP contribution >= 0.6 is 0 Å². The number of nitriles is 1. The molecule has 174 valence electrons. The number of piperazine rings is 1. The largest absolute Gasteiger partial charge is 0.494 e. The number of urea groups is 1. The van der Waals surface area contributed by atoms with Crippen molar-refractivity contribution in [3.8, 4) is 11.8 Å². The van der Waals surface area contributed by atoms with Gasteiger partial charge in [0.2, 0.25) is 0 Å². The Morgan fingerprint density at radius 3 is 2.48 bits per heavy atom. The minimum absolute atomic E-state index is 0.0611. The van der Waals surface area contributed by atoms with Gasteiger partial charge in [0.15, 0.2) is 11.6 Å². The van der Waals surface area contributed by atoms with Crippen molar-refractivity contribution in [3.63, 3.8) is 0 Å². The first-order chi connectivity index (χ1) is 15.9. The fourth-order valence-corrected chi connectivity index (χ4v) is 4.55. The van der Waals surface area contributed by atoms with Gasteiger partial charge in [-0.15, -0.1) is 0 Å². The summed E-state index contributed by atoms with van der Waals surface area (Å²) in [5.41, 5.74) is 7.19. The number of anilines is 1. The Kier molecular flexibility index (Phi) is 7.06. The molecule has 3 atom stereocenters. The highest BCUT2D eigenvalue weighted by Crippen LogP contribution is 2.30. The zero-order chi connectivity index (χ0) is 23.4. The topological polar surface area (TPSA) is 94.6 Å². The van der Waals surface area contributed by atoms with Crippen molar-refractivity contribution in [1.82, 2.24) is 9.80 Å². The van der Waals surface area contributed by atoms with Gasteiger partial charge in [-0.05, 0) is 55.7 Å². The fraction of sp³-hybridized carbons (Fsp3) is 0.417. The second-order valence-corrected chi connectivity index (χ2v) is 8.58. The van der Waals surface area contributed by atoms with Crippen LogP contribution < -0.4 is 15.8 Å². The first-order valence-corrected chi connectivity index (χ1v) is 11.1. The number of rotatable bonds is 7. The Balaban J connectivity index is 1.24. The van der Waals surface area contributed by atoms with Crippen molar-refractivity contribution in [3.05, 3.63) is 59.7 Å². The average Bonchev–Trinajstić information content (AvgIpc) is 3.03. The second kappa shape index (κ2) is 10.1. The summed E-state index contributed by atoms with van der Waals surface area (Å²) < 4.78 is 32.3. The van der Waals surface area contributed by atoms with E-state index in [-0.39, 0.29) is 29.8 Å². The number of fused-ring (bicyclic) bond motifs is 2. The van der Waals surface area contributed by atoms with Gasteiger partial charge in [-0.1, -0.05) is 0 Å². The molecule has 3 unspecified atom stereocenters. The summed E-state index contributed by atoms with van der Waals surface area (Å²) >= 11 is 0. The monoisotopic (exact) mass is 455 g/mol. The van der Waals surface area contributed by atoms with Gasteiger partial charge < -0.3 is 20.7 Å². The maximum atomic E-state index is 13.4. The molecule has 33 heavy (non-hydrogen) atoms. The van der Waals surface area contributed by atoms with Crippen LogP contribution in [0, 0.1) is 23.0 Å². The summed E-state index contributed by atoms with van der Waals surface area (Å²) in [6.45, 7) is 2.35. The van der Waals surface area contributed by atoms with Gasteiger partial charge in [0.05, 0.1) is 18.2 Å². The molecule has 0 aliphatic carbocycles. The SMILES string of the molecule is N#Cc1ccc(OCCC(N)CN2C3CCC2CN(C(=O)Nc2ccc(F)c(F)c2)C3)cc1. The van der Waals surface area contributed by atoms with Gasteiger partial charge in [-0.2, -0.15) is 5.26 Å². The molecule has 4 rings (SSSR count). The highest BCUT2D eigenvalue weighted by Gasteiger charge is 2.41. The van der Waals surface area contributed by atoms with Crippen molar-refractivity contribution >= 4 is 11.7 Å². The van der Waals surface area contributed by atoms with E-state index in [1.807, 2.05) is 0 Å². The van der Waals surface area contributed by atoms with E-state index < -0.39 is 11.6 Å². The lowest BCUT2D eigenvalue weighted by Gasteiger charge is -2.42. The first kappa shape index (κ1) is 23.0. The molecule has 2 aromatic carbocycles. The lowest BCUT2D eigenvalue weighted by molar-refractivity contribution is 0.0799. The van der Waals surface area contributed by atoms with E-state index in [0.717, 1.165) is 31.5 Å². The molecule has 9 heteroatoms. The van der Waals surface area contributed by atoms with E-state index in [4.69, 9.17) is 15.7 Å². The maximum Gasteiger partial charge on any atom is 0.321 e. The van der Waals surface area contributed by atoms with Crippen LogP contribution in [0.3, 0.4) is 0 Å². The third-order valence-electron chi connectivity index (χ3n) is 6.28. The Bertz CT molecular complexity index is 1010. The number of hydrogen-bond donors (Lipinski definition) is 2. The number of nitrogens with zero attached hydrogens (tertiary/aromatic N) is 3. The molecule has 7 nitrogen and oxygen atoms in total. The van der Waals surface area contributed by atoms with Crippen LogP contribution in [0.2, 0.25) is 0 Å². The fourth-order valence-electron chi connectivity index (χ4n) is 4.55. The molecule has 2 saturated heterocycles. The number of nitrogens with two attached hydrogens (primary N) is 1. The minimum Gasteiger partial charge on any atom is -0.494 e. The summed E-state index contributed by atoms with van der Waals surface area (Å²) in [6.07, 6.45) is 2.68. The van der Waals surface area contributed by atoms with E-state index in [1.165, 1.54) is 6.07 Å². The third kappa shape index (κ3) is 5.59. The highest BCUT2D eigenvalue weighted by atomic mass is 19.2. The normalized spacial score (nSPS) is 20.8. The molecule has 0 spiro atoms. The lowest BCUT2D eigenvalue weighted by Crippen LogP contribution is -2.58. The van der Waals surface area contributed by atoms with Crippen molar-refractivity contribution < 1.29 is 18.3 Å². The van der Waals surface area contributed by atoms with E-state index in [9.17, 15) is 13.6 Å². The maximum absolute atomic E-state index is 13.4. The molecular formula is C24H27F2N5O2. The number of hydrogen-bond acceptors (Lipinski definition) is 5. The number of ether oxygens (including phenoxy) is 1. The molecule has 3 N–H and O–H groups in total. The average molecular weight is 456 g/mol. The zero-order valence-electron chi connectivity index (χ0n) is 18.2. The van der Waals surface area contributed by atoms with Gasteiger partial charge in [-0.25, -0.2) is 13.6 Å². The molecule has 2 aliphatic heterocycles. The van der Waals surface area contributed by atoms with E-state index in [0.29, 0.717) is 37.4 Å². The highest BCUT2D eigenvalue weighted by molar-refractivity contribution is 5.89. The summed E-state index contributed by atoms with van der Waals surface area (Å²) in [5, 5.41) is 11.5. The molecule has 2 bridgehead atoms. The predicted octanol–water partition coefficient (Wildman–Crippen LogP) is 3.31. The van der Waals surface area contributed by atoms with Gasteiger partial charge in [0.25, 0.3) is 0 Å². The van der Waals surface area contributed by atoms with Crippen molar-refractivity contribution in [2.45, 2.75) is 37.4 Å². The summed E-state index contributed by atoms with van der Waals surface area (Å²) in [5.74, 6) is -1.23. The van der Waals surface area contributed by atoms with Crippen LogP contribution in [0.4, 0.5) is 19.3 Å². The number of likely N-dealkylation sites (tertiary alicyclic amines) is 1. The van der Waals surface area contributed by atoms with Crippen LogP contribution in [-0.4, -0.2) is 60.2 Å². The van der Waals surface area contributed by atoms with Crippen LogP contribution in [0.5, 0.6) is 5.75 Å². The molecule has 2 fully saturated rings. The Hall–Kier alpha value is -3.22. The Labute approximate surface area is 191 Å². The second-order valence-electron chi connectivity index (χ2n) is 8.58. The number of carbonyl (C=O) groups is 1. The molecule has 0 aromatic heterocycles. The molecular weight excluding hydrogens is 428 g/mol. The number of amides is 2. The number of benzene rings is 2. The standard InChI is InChI=1S/C24H27F2N5O2/c25-22-8-3-18(11-23(22)26)29-24(32)30-14-19-4-5-20(15-30)31(19)13-17(28)9-10-33-21-6-1-16(12-27)2-7-21/h1-3,6-8,11,17,19-20H,4-5,9-10,13-15,28H2,(H,29,32). The molecule has 2 aliphatic rings. The molecule has 0 saturated carbocycles. The molecule has 2 amide bonds. The number of halogens is 2. The first-order valence-electron chi connectivity index (χ1n) is 11.1. The van der Waals surface area contributed by atoms with E-state index in [1.54, 1.807) is 29.2 Å². The van der Waals surface area contributed by atoms with Crippen LogP contribution in [0.1, 0.15) is 24.8 Å². The smallest absolute Gasteiger partial charge is 0.321 e. The van der Waals surface area contributed by atoms with Gasteiger partial charge in [-0.3, -0.25) is 4.90 Å². The molecule has 2 heterocycles. The van der Waals surface area contributed by atoms with E-state index in [2.05, 4.69) is 16.3 Å². The third-order valence-corrected chi connectivity index (χ3v) is 6.28. The molecule has 2 aromatic rings. The van der Waals surface area contributed by atoms with Crippen molar-refractivity contribution in [2.24, 2.45) is 5.73 Å². The Morgan fingerprint density at radius 2 is 1.85 bits per heavy atom. The lowest BCUT2D eigenvalue weighted by atomic mass is 10.1. The predicted molar refractivity (Wildman–Crippen MR) is 120 cm³/mol. The number of nitrogens with one attached hydrogen (secondary N) is 1. The molecule has 0 radical (unpaired) electrons. The van der Waals surface area contributed by atoms with Gasteiger partial charge >= 0.3 is 6.03 Å². The minimum atomic E-state index is -0.991. The quantitative estimate of drug-likeness (QED) is 0.668. The summed E-state index contributed by atoms with van der Waals surface area (Å²) in [4.78, 5) is 16.8. The van der Waals surface area contributed by atoms with Gasteiger partial charge in [0, 0.05) is 49.5 Å². The number of carbonyl (C=O) groups excluding carboxylic acids is 1. The summed E-state index contributed by atoms with van der Waals surface area (Å²) in [7, 11) is 0. The van der Waals surface area contributed by atoms with Crippen LogP contribution in [0.15, 0.2) is 42.5 Å². The van der Waals surface area contributed by atoms with Gasteiger partial charge in [0.1, 0.15) is 5.75 Å². The Morgan fingerprint density at radius 1 is 1.15 bits per heavy atom. The van der Waals surface area contributed by atoms with Crippen LogP contribution in [0.25, 0.3) is 0 Å². The van der Waals surface area contributed by atoms with Crippen LogP contribution in [-0.2, 0) is 0 Å². The summed E-state index contributed by atoms with van der Waals surface area (Å²) in [6, 6.07) is 12.5.